The van der Waals surface area contributed by atoms with E-state index in [0.717, 1.165) is 78.1 Å². The van der Waals surface area contributed by atoms with Crippen molar-refractivity contribution >= 4 is 23.9 Å². The summed E-state index contributed by atoms with van der Waals surface area (Å²) >= 11 is 0. The summed E-state index contributed by atoms with van der Waals surface area (Å²) in [4.78, 5) is 50.6. The summed E-state index contributed by atoms with van der Waals surface area (Å²) in [5, 5.41) is 49.9. The van der Waals surface area contributed by atoms with E-state index < -0.39 is 98.8 Å². The number of esters is 4. The van der Waals surface area contributed by atoms with Crippen LogP contribution >= 0.6 is 0 Å². The van der Waals surface area contributed by atoms with Gasteiger partial charge in [0, 0.05) is 26.7 Å². The van der Waals surface area contributed by atoms with Crippen molar-refractivity contribution in [2.24, 2.45) is 0 Å². The molecule has 0 aromatic rings. The van der Waals surface area contributed by atoms with E-state index in [1.54, 1.807) is 0 Å². The molecule has 0 amide bonds. The Kier molecular flexibility index (Phi) is 26.6. The molecule has 1 fully saturated rings. The van der Waals surface area contributed by atoms with Crippen molar-refractivity contribution in [3.05, 3.63) is 0 Å². The van der Waals surface area contributed by atoms with Crippen molar-refractivity contribution < 1.29 is 73.1 Å². The predicted molar refractivity (Wildman–Crippen MR) is 192 cm³/mol. The Morgan fingerprint density at radius 1 is 0.585 bits per heavy atom. The standard InChI is InChI=1S/C38H68O15/c1-5-7-9-11-13-14-16-18-20-22-32(45)53-37-36(52-31(44)21-19-17-15-12-10-8-6-2)35(50-27(4)41)30(25-48-26(3)40)51-38(37)49-24-29(43)34(47)33(46)28(42)23-39/h28-30,33-39,42-43,46-47H,5-25H2,1-4H3. The van der Waals surface area contributed by atoms with Gasteiger partial charge in [-0.3, -0.25) is 19.2 Å². The predicted octanol–water partition coefficient (Wildman–Crippen LogP) is 3.54. The van der Waals surface area contributed by atoms with Crippen LogP contribution in [0.15, 0.2) is 0 Å². The zero-order chi connectivity index (χ0) is 39.6. The number of aliphatic hydroxyl groups excluding tert-OH is 5. The highest BCUT2D eigenvalue weighted by Gasteiger charge is 2.53. The molecule has 0 aromatic carbocycles. The van der Waals surface area contributed by atoms with Gasteiger partial charge in [0.15, 0.2) is 24.6 Å². The summed E-state index contributed by atoms with van der Waals surface area (Å²) in [6, 6.07) is 0. The van der Waals surface area contributed by atoms with Gasteiger partial charge in [-0.15, -0.1) is 0 Å². The van der Waals surface area contributed by atoms with E-state index in [2.05, 4.69) is 13.8 Å². The van der Waals surface area contributed by atoms with Crippen LogP contribution in [0.4, 0.5) is 0 Å². The lowest BCUT2D eigenvalue weighted by Gasteiger charge is -2.44. The lowest BCUT2D eigenvalue weighted by Crippen LogP contribution is -2.63. The molecule has 5 N–H and O–H groups in total. The molecule has 1 aliphatic rings. The van der Waals surface area contributed by atoms with Crippen LogP contribution in [0.5, 0.6) is 0 Å². The van der Waals surface area contributed by atoms with Crippen molar-refractivity contribution in [3.63, 3.8) is 0 Å². The number of hydrogen-bond acceptors (Lipinski definition) is 15. The Morgan fingerprint density at radius 2 is 1.04 bits per heavy atom. The normalized spacial score (nSPS) is 22.3. The molecule has 1 rings (SSSR count). The monoisotopic (exact) mass is 764 g/mol. The molecular weight excluding hydrogens is 696 g/mol. The Hall–Kier alpha value is -2.40. The number of ether oxygens (including phenoxy) is 6. The zero-order valence-corrected chi connectivity index (χ0v) is 32.4. The highest BCUT2D eigenvalue weighted by atomic mass is 16.7. The lowest BCUT2D eigenvalue weighted by atomic mass is 9.97. The van der Waals surface area contributed by atoms with E-state index in [4.69, 9.17) is 33.5 Å². The summed E-state index contributed by atoms with van der Waals surface area (Å²) in [7, 11) is 0. The third kappa shape index (κ3) is 20.7. The molecule has 0 spiro atoms. The second-order valence-electron chi connectivity index (χ2n) is 13.9. The van der Waals surface area contributed by atoms with E-state index in [1.165, 1.54) is 25.7 Å². The number of hydrogen-bond donors (Lipinski definition) is 5. The Labute approximate surface area is 315 Å². The van der Waals surface area contributed by atoms with Crippen LogP contribution in [0, 0.1) is 0 Å². The van der Waals surface area contributed by atoms with Gasteiger partial charge in [0.1, 0.15) is 37.1 Å². The first-order chi connectivity index (χ1) is 25.4. The fourth-order valence-corrected chi connectivity index (χ4v) is 6.02. The maximum atomic E-state index is 13.3. The molecule has 0 aliphatic carbocycles. The van der Waals surface area contributed by atoms with Crippen molar-refractivity contribution in [3.8, 4) is 0 Å². The minimum atomic E-state index is -1.98. The molecule has 1 saturated heterocycles. The van der Waals surface area contributed by atoms with Crippen LogP contribution in [0.25, 0.3) is 0 Å². The Balaban J connectivity index is 3.25. The molecule has 0 radical (unpaired) electrons. The molecule has 53 heavy (non-hydrogen) atoms. The van der Waals surface area contributed by atoms with E-state index in [-0.39, 0.29) is 12.8 Å². The summed E-state index contributed by atoms with van der Waals surface area (Å²) in [5.74, 6) is -2.81. The minimum absolute atomic E-state index is 0.0133. The highest BCUT2D eigenvalue weighted by molar-refractivity contribution is 5.71. The topological polar surface area (TPSA) is 225 Å². The SMILES string of the molecule is CCCCCCCCCCCC(=O)OC1C(OCC(O)C(O)C(O)C(O)CO)OC(COC(C)=O)C(OC(C)=O)C1OC(=O)CCCCCCCCC. The van der Waals surface area contributed by atoms with Gasteiger partial charge in [0.25, 0.3) is 0 Å². The van der Waals surface area contributed by atoms with Gasteiger partial charge in [0.05, 0.1) is 13.2 Å². The van der Waals surface area contributed by atoms with Gasteiger partial charge in [-0.1, -0.05) is 104 Å². The van der Waals surface area contributed by atoms with Gasteiger partial charge in [-0.05, 0) is 12.8 Å². The van der Waals surface area contributed by atoms with Crippen LogP contribution in [0.3, 0.4) is 0 Å². The Morgan fingerprint density at radius 3 is 1.49 bits per heavy atom. The second kappa shape index (κ2) is 29.0. The molecule has 1 heterocycles. The molecule has 0 aromatic heterocycles. The molecule has 9 unspecified atom stereocenters. The molecule has 9 atom stereocenters. The third-order valence-electron chi connectivity index (χ3n) is 9.10. The molecule has 15 heteroatoms. The highest BCUT2D eigenvalue weighted by Crippen LogP contribution is 2.31. The van der Waals surface area contributed by atoms with Gasteiger partial charge in [-0.25, -0.2) is 0 Å². The van der Waals surface area contributed by atoms with E-state index in [1.807, 2.05) is 0 Å². The van der Waals surface area contributed by atoms with E-state index in [9.17, 15) is 39.6 Å². The molecule has 0 saturated carbocycles. The van der Waals surface area contributed by atoms with Gasteiger partial charge in [-0.2, -0.15) is 0 Å². The second-order valence-corrected chi connectivity index (χ2v) is 13.9. The molecule has 310 valence electrons. The number of aliphatic hydroxyl groups is 5. The summed E-state index contributed by atoms with van der Waals surface area (Å²) < 4.78 is 34.1. The van der Waals surface area contributed by atoms with Crippen LogP contribution in [-0.2, 0) is 47.6 Å². The fraction of sp³-hybridized carbons (Fsp3) is 0.895. The third-order valence-corrected chi connectivity index (χ3v) is 9.10. The van der Waals surface area contributed by atoms with Gasteiger partial charge in [0.2, 0.25) is 0 Å². The average molecular weight is 765 g/mol. The van der Waals surface area contributed by atoms with E-state index >= 15 is 0 Å². The fourth-order valence-electron chi connectivity index (χ4n) is 6.02. The van der Waals surface area contributed by atoms with Crippen molar-refractivity contribution in [1.82, 2.24) is 0 Å². The molecule has 15 nitrogen and oxygen atoms in total. The van der Waals surface area contributed by atoms with Crippen molar-refractivity contribution in [1.29, 1.82) is 0 Å². The van der Waals surface area contributed by atoms with Gasteiger partial charge >= 0.3 is 23.9 Å². The first-order valence-corrected chi connectivity index (χ1v) is 19.7. The van der Waals surface area contributed by atoms with Crippen molar-refractivity contribution in [2.75, 3.05) is 19.8 Å². The molecule has 0 bridgehead atoms. The quantitative estimate of drug-likeness (QED) is 0.0401. The number of rotatable bonds is 30. The van der Waals surface area contributed by atoms with E-state index in [0.29, 0.717) is 12.8 Å². The van der Waals surface area contributed by atoms with Gasteiger partial charge < -0.3 is 54.0 Å². The van der Waals surface area contributed by atoms with Crippen LogP contribution in [0.1, 0.15) is 143 Å². The number of unbranched alkanes of at least 4 members (excludes halogenated alkanes) is 14. The zero-order valence-electron chi connectivity index (χ0n) is 32.4. The maximum absolute atomic E-state index is 13.3. The first kappa shape index (κ1) is 48.6. The smallest absolute Gasteiger partial charge is 0.306 e. The lowest BCUT2D eigenvalue weighted by molar-refractivity contribution is -0.313. The minimum Gasteiger partial charge on any atom is -0.463 e. The summed E-state index contributed by atoms with van der Waals surface area (Å²) in [5.41, 5.74) is 0. The maximum Gasteiger partial charge on any atom is 0.306 e. The largest absolute Gasteiger partial charge is 0.463 e. The average Bonchev–Trinajstić information content (AvgIpc) is 3.12. The number of carbonyl (C=O) groups is 4. The van der Waals surface area contributed by atoms with Crippen LogP contribution in [0.2, 0.25) is 0 Å². The Bertz CT molecular complexity index is 1010. The summed E-state index contributed by atoms with van der Waals surface area (Å²) in [6.07, 6.45) is 1.00. The van der Waals surface area contributed by atoms with Crippen molar-refractivity contribution in [2.45, 2.75) is 198 Å². The molecular formula is C38H68O15. The van der Waals surface area contributed by atoms with Crippen LogP contribution in [-0.4, -0.2) is 124 Å². The van der Waals surface area contributed by atoms with Crippen LogP contribution < -0.4 is 0 Å². The first-order valence-electron chi connectivity index (χ1n) is 19.7. The summed E-state index contributed by atoms with van der Waals surface area (Å²) in [6.45, 7) is 4.44. The molecule has 1 aliphatic heterocycles. The number of carbonyl (C=O) groups excluding carboxylic acids is 4.